The number of ether oxygens (including phenoxy) is 3. The summed E-state index contributed by atoms with van der Waals surface area (Å²) in [5.41, 5.74) is 0. The van der Waals surface area contributed by atoms with Crippen molar-refractivity contribution in [2.24, 2.45) is 0 Å². The minimum absolute atomic E-state index is 0. The standard InChI is InChI=1S/C16H27NO4.C2H4O2.CH4.Na/c1-6-11(7-2)19-12-8-9-13-15(14(12)17-10(3)18)21-16(4,5)20-13;1-2(3)4;;/h8-9,11-15H,6-7H2,1-5H3,(H,17,18);1H3,(H,3,4);1H4;/q;;;+1/p-1/t12-,13-,14+,15-;;;/m1.../s1. The van der Waals surface area contributed by atoms with Crippen LogP contribution >= 0.6 is 0 Å². The zero-order chi connectivity index (χ0) is 19.2. The maximum absolute atomic E-state index is 11.5. The number of carbonyl (C=O) groups is 2. The van der Waals surface area contributed by atoms with E-state index < -0.39 is 11.8 Å². The molecular weight excluding hydrogens is 361 g/mol. The molecule has 152 valence electrons. The number of fused-ring (bicyclic) bond motifs is 1. The molecule has 0 radical (unpaired) electrons. The third kappa shape index (κ3) is 9.54. The number of hydrogen-bond acceptors (Lipinski definition) is 6. The zero-order valence-electron chi connectivity index (χ0n) is 16.9. The summed E-state index contributed by atoms with van der Waals surface area (Å²) in [6.07, 6.45) is 5.53. The zero-order valence-corrected chi connectivity index (χ0v) is 18.9. The monoisotopic (exact) mass is 395 g/mol. The van der Waals surface area contributed by atoms with E-state index in [9.17, 15) is 4.79 Å². The fourth-order valence-corrected chi connectivity index (χ4v) is 3.00. The molecule has 2 aliphatic rings. The Balaban J connectivity index is 0. The van der Waals surface area contributed by atoms with E-state index in [1.165, 1.54) is 6.92 Å². The van der Waals surface area contributed by atoms with Crippen molar-refractivity contribution in [2.75, 3.05) is 0 Å². The van der Waals surface area contributed by atoms with Crippen molar-refractivity contribution in [3.05, 3.63) is 12.2 Å². The van der Waals surface area contributed by atoms with Crippen LogP contribution < -0.4 is 40.0 Å². The van der Waals surface area contributed by atoms with Crippen LogP contribution in [0.5, 0.6) is 0 Å². The van der Waals surface area contributed by atoms with E-state index in [1.807, 2.05) is 26.0 Å². The number of rotatable bonds is 5. The summed E-state index contributed by atoms with van der Waals surface area (Å²) in [5.74, 6) is -1.80. The number of carbonyl (C=O) groups excluding carboxylic acids is 2. The largest absolute Gasteiger partial charge is 1.00 e. The Kier molecular flexibility index (Phi) is 13.8. The number of hydrogen-bond donors (Lipinski definition) is 1. The molecule has 0 bridgehead atoms. The van der Waals surface area contributed by atoms with E-state index in [4.69, 9.17) is 24.1 Å². The molecule has 0 spiro atoms. The second kappa shape index (κ2) is 12.9. The Morgan fingerprint density at radius 3 is 2.15 bits per heavy atom. The Morgan fingerprint density at radius 1 is 1.19 bits per heavy atom. The smallest absolute Gasteiger partial charge is 0.550 e. The average Bonchev–Trinajstić information content (AvgIpc) is 2.80. The van der Waals surface area contributed by atoms with Gasteiger partial charge in [0.1, 0.15) is 12.2 Å². The van der Waals surface area contributed by atoms with Gasteiger partial charge in [-0.15, -0.1) is 0 Å². The van der Waals surface area contributed by atoms with Gasteiger partial charge in [-0.25, -0.2) is 0 Å². The van der Waals surface area contributed by atoms with Gasteiger partial charge in [-0.3, -0.25) is 4.79 Å². The molecule has 0 aromatic rings. The van der Waals surface area contributed by atoms with E-state index in [0.717, 1.165) is 19.8 Å². The molecule has 0 aromatic carbocycles. The summed E-state index contributed by atoms with van der Waals surface area (Å²) >= 11 is 0. The van der Waals surface area contributed by atoms with Crippen LogP contribution in [0.4, 0.5) is 0 Å². The Morgan fingerprint density at radius 2 is 1.70 bits per heavy atom. The van der Waals surface area contributed by atoms with Gasteiger partial charge in [-0.1, -0.05) is 33.4 Å². The van der Waals surface area contributed by atoms with E-state index >= 15 is 0 Å². The molecule has 0 saturated carbocycles. The second-order valence-electron chi connectivity index (χ2n) is 6.71. The topological polar surface area (TPSA) is 96.9 Å². The molecule has 2 rings (SSSR count). The van der Waals surface area contributed by atoms with Crippen molar-refractivity contribution in [1.82, 2.24) is 5.32 Å². The molecule has 1 fully saturated rings. The number of aliphatic carboxylic acids is 1. The SMILES string of the molecule is C.CC(=O)[O-].CCC(CC)O[C@@H]1C=C[C@H]2OC(C)(C)O[C@H]2[C@H]1NC(C)=O.[Na+]. The van der Waals surface area contributed by atoms with Crippen LogP contribution in [0.25, 0.3) is 0 Å². The van der Waals surface area contributed by atoms with Crippen molar-refractivity contribution >= 4 is 11.9 Å². The Labute approximate surface area is 185 Å². The van der Waals surface area contributed by atoms with Crippen LogP contribution in [0, 0.1) is 0 Å². The molecule has 0 unspecified atom stereocenters. The molecule has 4 atom stereocenters. The quantitative estimate of drug-likeness (QED) is 0.452. The predicted molar refractivity (Wildman–Crippen MR) is 97.2 cm³/mol. The fraction of sp³-hybridized carbons (Fsp3) is 0.789. The summed E-state index contributed by atoms with van der Waals surface area (Å²) in [7, 11) is 0. The summed E-state index contributed by atoms with van der Waals surface area (Å²) in [6, 6.07) is -0.222. The molecular formula is C19H34NNaO6. The van der Waals surface area contributed by atoms with Gasteiger partial charge >= 0.3 is 29.6 Å². The van der Waals surface area contributed by atoms with Gasteiger partial charge in [-0.05, 0) is 33.6 Å². The van der Waals surface area contributed by atoms with Gasteiger partial charge < -0.3 is 29.4 Å². The molecule has 1 aliphatic heterocycles. The minimum Gasteiger partial charge on any atom is -0.550 e. The first kappa shape index (κ1) is 28.8. The van der Waals surface area contributed by atoms with E-state index in [-0.39, 0.29) is 73.3 Å². The van der Waals surface area contributed by atoms with Crippen LogP contribution in [0.3, 0.4) is 0 Å². The summed E-state index contributed by atoms with van der Waals surface area (Å²) in [6.45, 7) is 10.5. The third-order valence-electron chi connectivity index (χ3n) is 3.99. The molecule has 0 aromatic heterocycles. The van der Waals surface area contributed by atoms with Crippen molar-refractivity contribution < 1.29 is 58.5 Å². The maximum atomic E-state index is 11.5. The van der Waals surface area contributed by atoms with Gasteiger partial charge in [0, 0.05) is 12.9 Å². The minimum atomic E-state index is -1.08. The molecule has 7 nitrogen and oxygen atoms in total. The molecule has 27 heavy (non-hydrogen) atoms. The van der Waals surface area contributed by atoms with Crippen molar-refractivity contribution in [3.63, 3.8) is 0 Å². The van der Waals surface area contributed by atoms with Gasteiger partial charge in [0.05, 0.1) is 18.2 Å². The number of carboxylic acids is 1. The molecule has 8 heteroatoms. The summed E-state index contributed by atoms with van der Waals surface area (Å²) in [4.78, 5) is 20.4. The molecule has 1 N–H and O–H groups in total. The van der Waals surface area contributed by atoms with Crippen molar-refractivity contribution in [3.8, 4) is 0 Å². The van der Waals surface area contributed by atoms with E-state index in [2.05, 4.69) is 19.2 Å². The summed E-state index contributed by atoms with van der Waals surface area (Å²) < 4.78 is 18.0. The van der Waals surface area contributed by atoms with E-state index in [0.29, 0.717) is 0 Å². The number of carboxylic acid groups (broad SMARTS) is 1. The second-order valence-corrected chi connectivity index (χ2v) is 6.71. The van der Waals surface area contributed by atoms with Crippen molar-refractivity contribution in [1.29, 1.82) is 0 Å². The van der Waals surface area contributed by atoms with Crippen LogP contribution in [-0.4, -0.2) is 48.1 Å². The summed E-state index contributed by atoms with van der Waals surface area (Å²) in [5, 5.41) is 11.9. The first-order chi connectivity index (χ1) is 11.6. The van der Waals surface area contributed by atoms with Crippen LogP contribution in [0.15, 0.2) is 12.2 Å². The van der Waals surface area contributed by atoms with Gasteiger partial charge in [0.25, 0.3) is 0 Å². The van der Waals surface area contributed by atoms with Crippen LogP contribution in [-0.2, 0) is 23.8 Å². The van der Waals surface area contributed by atoms with Crippen LogP contribution in [0.1, 0.15) is 61.8 Å². The number of amides is 1. The van der Waals surface area contributed by atoms with Crippen LogP contribution in [0.2, 0.25) is 0 Å². The van der Waals surface area contributed by atoms with Gasteiger partial charge in [0.2, 0.25) is 5.91 Å². The van der Waals surface area contributed by atoms with Crippen molar-refractivity contribution in [2.45, 2.75) is 98.1 Å². The molecule has 1 aliphatic carbocycles. The molecule has 1 amide bonds. The average molecular weight is 395 g/mol. The molecule has 1 saturated heterocycles. The Bertz CT molecular complexity index is 489. The normalized spacial score (nSPS) is 27.4. The Hall–Kier alpha value is -0.440. The van der Waals surface area contributed by atoms with Gasteiger partial charge in [0.15, 0.2) is 5.79 Å². The number of nitrogens with one attached hydrogen (secondary N) is 1. The predicted octanol–water partition coefficient (Wildman–Crippen LogP) is -1.45. The first-order valence-corrected chi connectivity index (χ1v) is 8.73. The molecule has 1 heterocycles. The van der Waals surface area contributed by atoms with Gasteiger partial charge in [-0.2, -0.15) is 0 Å². The maximum Gasteiger partial charge on any atom is 1.00 e. The van der Waals surface area contributed by atoms with E-state index in [1.54, 1.807) is 0 Å². The fourth-order valence-electron chi connectivity index (χ4n) is 3.00. The first-order valence-electron chi connectivity index (χ1n) is 8.73. The third-order valence-corrected chi connectivity index (χ3v) is 3.99.